The van der Waals surface area contributed by atoms with Gasteiger partial charge in [0.15, 0.2) is 6.61 Å². The lowest BCUT2D eigenvalue weighted by Crippen LogP contribution is -2.03. The van der Waals surface area contributed by atoms with E-state index in [1.807, 2.05) is 0 Å². The molecule has 0 heterocycles. The molecule has 72 valence electrons. The molecule has 0 N–H and O–H groups in total. The lowest BCUT2D eigenvalue weighted by atomic mass is 10.2. The van der Waals surface area contributed by atoms with E-state index >= 15 is 0 Å². The monoisotopic (exact) mass is 184 g/mol. The number of hydrogen-bond donors (Lipinski definition) is 0. The van der Waals surface area contributed by atoms with E-state index in [-0.39, 0.29) is 6.61 Å². The van der Waals surface area contributed by atoms with Crippen LogP contribution >= 0.6 is 0 Å². The zero-order valence-electron chi connectivity index (χ0n) is 7.54. The molecular formula is C9H12O4. The van der Waals surface area contributed by atoms with Crippen LogP contribution in [0.1, 0.15) is 19.3 Å². The molecule has 0 unspecified atom stereocenters. The molecule has 0 aliphatic rings. The Hall–Kier alpha value is -1.50. The van der Waals surface area contributed by atoms with Gasteiger partial charge in [-0.25, -0.2) is 4.79 Å². The van der Waals surface area contributed by atoms with Gasteiger partial charge >= 0.3 is 6.16 Å². The molecule has 0 rings (SSSR count). The average Bonchev–Trinajstić information content (AvgIpc) is 2.16. The molecular weight excluding hydrogens is 172 g/mol. The predicted molar refractivity (Wildman–Crippen MR) is 46.0 cm³/mol. The molecule has 0 radical (unpaired) electrons. The smallest absolute Gasteiger partial charge is 0.438 e. The standard InChI is InChI=1S/C9H12O4/c1-12-9(11)13-8-6-4-2-3-5-7-10/h7H,2-3,5,8H2,1H3. The van der Waals surface area contributed by atoms with Crippen LogP contribution in [0.5, 0.6) is 0 Å². The van der Waals surface area contributed by atoms with E-state index in [9.17, 15) is 9.59 Å². The fourth-order valence-corrected chi connectivity index (χ4v) is 0.567. The van der Waals surface area contributed by atoms with Gasteiger partial charge in [0.2, 0.25) is 0 Å². The number of aldehydes is 1. The van der Waals surface area contributed by atoms with Gasteiger partial charge in [-0.15, -0.1) is 0 Å². The van der Waals surface area contributed by atoms with Crippen molar-refractivity contribution in [1.29, 1.82) is 0 Å². The van der Waals surface area contributed by atoms with Gasteiger partial charge in [-0.2, -0.15) is 0 Å². The number of carbonyl (C=O) groups excluding carboxylic acids is 2. The largest absolute Gasteiger partial charge is 0.508 e. The van der Waals surface area contributed by atoms with Crippen LogP contribution in [0, 0.1) is 11.8 Å². The van der Waals surface area contributed by atoms with Crippen molar-refractivity contribution in [2.45, 2.75) is 19.3 Å². The molecule has 0 aliphatic carbocycles. The van der Waals surface area contributed by atoms with Crippen LogP contribution in [0.4, 0.5) is 4.79 Å². The zero-order valence-corrected chi connectivity index (χ0v) is 7.54. The van der Waals surface area contributed by atoms with Crippen molar-refractivity contribution in [2.75, 3.05) is 13.7 Å². The fourth-order valence-electron chi connectivity index (χ4n) is 0.567. The molecule has 0 saturated carbocycles. The average molecular weight is 184 g/mol. The molecule has 0 fully saturated rings. The molecule has 0 spiro atoms. The summed E-state index contributed by atoms with van der Waals surface area (Å²) < 4.78 is 8.71. The Balaban J connectivity index is 3.29. The molecule has 0 bridgehead atoms. The maximum absolute atomic E-state index is 10.4. The van der Waals surface area contributed by atoms with Crippen molar-refractivity contribution in [3.05, 3.63) is 0 Å². The first-order valence-electron chi connectivity index (χ1n) is 3.91. The first-order chi connectivity index (χ1) is 6.31. The minimum absolute atomic E-state index is 0.0355. The van der Waals surface area contributed by atoms with Crippen LogP contribution in [0.15, 0.2) is 0 Å². The zero-order chi connectivity index (χ0) is 9.94. The summed E-state index contributed by atoms with van der Waals surface area (Å²) in [6.07, 6.45) is 2.03. The van der Waals surface area contributed by atoms with Gasteiger partial charge in [0.05, 0.1) is 7.11 Å². The van der Waals surface area contributed by atoms with Crippen molar-refractivity contribution in [1.82, 2.24) is 0 Å². The van der Waals surface area contributed by atoms with E-state index in [1.165, 1.54) is 7.11 Å². The summed E-state index contributed by atoms with van der Waals surface area (Å²) in [6.45, 7) is 0.0355. The number of unbranched alkanes of at least 4 members (excludes halogenated alkanes) is 2. The first-order valence-corrected chi connectivity index (χ1v) is 3.91. The van der Waals surface area contributed by atoms with Crippen LogP contribution in [0.3, 0.4) is 0 Å². The Morgan fingerprint density at radius 3 is 2.85 bits per heavy atom. The predicted octanol–water partition coefficient (Wildman–Crippen LogP) is 1.14. The molecule has 0 aliphatic heterocycles. The summed E-state index contributed by atoms with van der Waals surface area (Å²) in [6, 6.07) is 0. The molecule has 0 saturated heterocycles. The van der Waals surface area contributed by atoms with Gasteiger partial charge in [0.1, 0.15) is 6.29 Å². The third-order valence-electron chi connectivity index (χ3n) is 1.18. The van der Waals surface area contributed by atoms with Gasteiger partial charge in [-0.3, -0.25) is 0 Å². The van der Waals surface area contributed by atoms with Crippen molar-refractivity contribution in [2.24, 2.45) is 0 Å². The van der Waals surface area contributed by atoms with Gasteiger partial charge in [-0.05, 0) is 6.42 Å². The number of hydrogen-bond acceptors (Lipinski definition) is 4. The second-order valence-corrected chi connectivity index (χ2v) is 2.16. The third-order valence-corrected chi connectivity index (χ3v) is 1.18. The van der Waals surface area contributed by atoms with Crippen LogP contribution in [-0.4, -0.2) is 26.2 Å². The van der Waals surface area contributed by atoms with Gasteiger partial charge < -0.3 is 14.3 Å². The third kappa shape index (κ3) is 8.41. The second kappa shape index (κ2) is 8.60. The van der Waals surface area contributed by atoms with Crippen LogP contribution in [0.2, 0.25) is 0 Å². The second-order valence-electron chi connectivity index (χ2n) is 2.16. The molecule has 4 nitrogen and oxygen atoms in total. The summed E-state index contributed by atoms with van der Waals surface area (Å²) >= 11 is 0. The quantitative estimate of drug-likeness (QED) is 0.284. The van der Waals surface area contributed by atoms with E-state index in [2.05, 4.69) is 21.3 Å². The van der Waals surface area contributed by atoms with E-state index in [0.29, 0.717) is 12.8 Å². The topological polar surface area (TPSA) is 52.6 Å². The maximum Gasteiger partial charge on any atom is 0.508 e. The first kappa shape index (κ1) is 11.5. The summed E-state index contributed by atoms with van der Waals surface area (Å²) in [5.41, 5.74) is 0. The number of methoxy groups -OCH3 is 1. The molecule has 0 aromatic carbocycles. The van der Waals surface area contributed by atoms with Crippen molar-refractivity contribution >= 4 is 12.4 Å². The van der Waals surface area contributed by atoms with Gasteiger partial charge in [0.25, 0.3) is 0 Å². The van der Waals surface area contributed by atoms with Crippen molar-refractivity contribution in [3.63, 3.8) is 0 Å². The minimum Gasteiger partial charge on any atom is -0.438 e. The summed E-state index contributed by atoms with van der Waals surface area (Å²) in [5.74, 6) is 5.38. The van der Waals surface area contributed by atoms with Crippen molar-refractivity contribution in [3.8, 4) is 11.8 Å². The van der Waals surface area contributed by atoms with Crippen LogP contribution in [0.25, 0.3) is 0 Å². The Bertz CT molecular complexity index is 211. The molecule has 0 aromatic heterocycles. The Kier molecular flexibility index (Phi) is 7.60. The van der Waals surface area contributed by atoms with E-state index in [4.69, 9.17) is 0 Å². The maximum atomic E-state index is 10.4. The molecule has 4 heteroatoms. The van der Waals surface area contributed by atoms with Gasteiger partial charge in [-0.1, -0.05) is 11.8 Å². The normalized spacial score (nSPS) is 8.08. The highest BCUT2D eigenvalue weighted by Gasteiger charge is 1.95. The van der Waals surface area contributed by atoms with E-state index in [1.54, 1.807) is 0 Å². The number of ether oxygens (including phenoxy) is 2. The highest BCUT2D eigenvalue weighted by molar-refractivity contribution is 5.59. The summed E-state index contributed by atoms with van der Waals surface area (Å²) in [5, 5.41) is 0. The number of carbonyl (C=O) groups is 2. The summed E-state index contributed by atoms with van der Waals surface area (Å²) in [7, 11) is 1.24. The highest BCUT2D eigenvalue weighted by Crippen LogP contribution is 1.89. The summed E-state index contributed by atoms with van der Waals surface area (Å²) in [4.78, 5) is 20.3. The fraction of sp³-hybridized carbons (Fsp3) is 0.556. The van der Waals surface area contributed by atoms with E-state index in [0.717, 1.165) is 12.7 Å². The molecule has 13 heavy (non-hydrogen) atoms. The minimum atomic E-state index is -0.734. The van der Waals surface area contributed by atoms with Crippen LogP contribution in [-0.2, 0) is 14.3 Å². The Morgan fingerprint density at radius 1 is 1.46 bits per heavy atom. The van der Waals surface area contributed by atoms with Crippen LogP contribution < -0.4 is 0 Å². The van der Waals surface area contributed by atoms with Crippen molar-refractivity contribution < 1.29 is 19.1 Å². The number of rotatable bonds is 4. The molecule has 0 atom stereocenters. The molecule has 0 aromatic rings. The highest BCUT2D eigenvalue weighted by atomic mass is 16.7. The Morgan fingerprint density at radius 2 is 2.23 bits per heavy atom. The molecule has 0 amide bonds. The van der Waals surface area contributed by atoms with E-state index < -0.39 is 6.16 Å². The lowest BCUT2D eigenvalue weighted by molar-refractivity contribution is -0.107. The van der Waals surface area contributed by atoms with Gasteiger partial charge in [0, 0.05) is 12.8 Å². The SMILES string of the molecule is COC(=O)OCC#CCCCC=O. The lowest BCUT2D eigenvalue weighted by Gasteiger charge is -1.95. The Labute approximate surface area is 77.2 Å².